The van der Waals surface area contributed by atoms with Gasteiger partial charge in [-0.3, -0.25) is 0 Å². The van der Waals surface area contributed by atoms with Crippen LogP contribution >= 0.6 is 0 Å². The quantitative estimate of drug-likeness (QED) is 0.740. The standard InChI is InChI=1S/C9H14N2O/c1-3-12-6-8-5-11-9(10)4-7(8)2/h4-5H,3,6H2,1-2H3,(H2,10,11). The van der Waals surface area contributed by atoms with Gasteiger partial charge in [-0.15, -0.1) is 0 Å². The summed E-state index contributed by atoms with van der Waals surface area (Å²) in [6.07, 6.45) is 1.76. The Morgan fingerprint density at radius 2 is 2.33 bits per heavy atom. The minimum atomic E-state index is 0.563. The number of aromatic nitrogens is 1. The van der Waals surface area contributed by atoms with Crippen LogP contribution < -0.4 is 5.73 Å². The molecule has 0 spiro atoms. The van der Waals surface area contributed by atoms with Crippen molar-refractivity contribution in [2.45, 2.75) is 20.5 Å². The molecule has 1 rings (SSSR count). The van der Waals surface area contributed by atoms with E-state index in [2.05, 4.69) is 4.98 Å². The molecule has 12 heavy (non-hydrogen) atoms. The molecule has 0 atom stereocenters. The van der Waals surface area contributed by atoms with E-state index in [0.29, 0.717) is 12.4 Å². The normalized spacial score (nSPS) is 10.2. The van der Waals surface area contributed by atoms with Crippen LogP contribution in [0.4, 0.5) is 5.82 Å². The van der Waals surface area contributed by atoms with Crippen molar-refractivity contribution in [3.63, 3.8) is 0 Å². The fourth-order valence-corrected chi connectivity index (χ4v) is 0.969. The van der Waals surface area contributed by atoms with Crippen molar-refractivity contribution in [3.8, 4) is 0 Å². The van der Waals surface area contributed by atoms with E-state index in [1.165, 1.54) is 0 Å². The van der Waals surface area contributed by atoms with E-state index in [0.717, 1.165) is 17.7 Å². The first-order valence-corrected chi connectivity index (χ1v) is 4.02. The molecule has 0 aliphatic carbocycles. The van der Waals surface area contributed by atoms with Gasteiger partial charge in [-0.05, 0) is 31.0 Å². The average molecular weight is 166 g/mol. The highest BCUT2D eigenvalue weighted by Crippen LogP contribution is 2.10. The molecule has 0 saturated heterocycles. The van der Waals surface area contributed by atoms with Gasteiger partial charge < -0.3 is 10.5 Å². The van der Waals surface area contributed by atoms with E-state index >= 15 is 0 Å². The zero-order valence-corrected chi connectivity index (χ0v) is 7.50. The summed E-state index contributed by atoms with van der Waals surface area (Å²) in [5.74, 6) is 0.563. The summed E-state index contributed by atoms with van der Waals surface area (Å²) in [5.41, 5.74) is 7.74. The van der Waals surface area contributed by atoms with E-state index in [9.17, 15) is 0 Å². The maximum absolute atomic E-state index is 5.50. The number of rotatable bonds is 3. The summed E-state index contributed by atoms with van der Waals surface area (Å²) in [6, 6.07) is 1.86. The number of nitrogens with zero attached hydrogens (tertiary/aromatic N) is 1. The molecule has 66 valence electrons. The molecule has 1 heterocycles. The van der Waals surface area contributed by atoms with Crippen molar-refractivity contribution >= 4 is 5.82 Å². The molecule has 0 radical (unpaired) electrons. The van der Waals surface area contributed by atoms with E-state index < -0.39 is 0 Å². The van der Waals surface area contributed by atoms with Crippen LogP contribution in [0.5, 0.6) is 0 Å². The van der Waals surface area contributed by atoms with Gasteiger partial charge in [-0.25, -0.2) is 4.98 Å². The number of aryl methyl sites for hydroxylation is 1. The number of ether oxygens (including phenoxy) is 1. The minimum absolute atomic E-state index is 0.563. The predicted molar refractivity (Wildman–Crippen MR) is 48.7 cm³/mol. The number of hydrogen-bond donors (Lipinski definition) is 1. The molecular weight excluding hydrogens is 152 g/mol. The summed E-state index contributed by atoms with van der Waals surface area (Å²) >= 11 is 0. The van der Waals surface area contributed by atoms with E-state index in [1.807, 2.05) is 19.9 Å². The van der Waals surface area contributed by atoms with Crippen LogP contribution in [0.1, 0.15) is 18.1 Å². The third-order valence-electron chi connectivity index (χ3n) is 1.70. The monoisotopic (exact) mass is 166 g/mol. The lowest BCUT2D eigenvalue weighted by Crippen LogP contribution is -1.98. The van der Waals surface area contributed by atoms with Crippen molar-refractivity contribution in [2.75, 3.05) is 12.3 Å². The average Bonchev–Trinajstić information content (AvgIpc) is 2.03. The topological polar surface area (TPSA) is 48.1 Å². The molecular formula is C9H14N2O. The molecule has 0 fully saturated rings. The Morgan fingerprint density at radius 1 is 1.58 bits per heavy atom. The Labute approximate surface area is 72.6 Å². The number of anilines is 1. The number of hydrogen-bond acceptors (Lipinski definition) is 3. The maximum Gasteiger partial charge on any atom is 0.123 e. The van der Waals surface area contributed by atoms with Gasteiger partial charge in [0.25, 0.3) is 0 Å². The van der Waals surface area contributed by atoms with Gasteiger partial charge in [0, 0.05) is 12.8 Å². The molecule has 3 nitrogen and oxygen atoms in total. The Morgan fingerprint density at radius 3 is 2.92 bits per heavy atom. The Balaban J connectivity index is 2.72. The number of nitrogens with two attached hydrogens (primary N) is 1. The number of pyridine rings is 1. The Kier molecular flexibility index (Phi) is 3.05. The van der Waals surface area contributed by atoms with E-state index in [4.69, 9.17) is 10.5 Å². The molecule has 0 amide bonds. The molecule has 0 saturated carbocycles. The summed E-state index contributed by atoms with van der Waals surface area (Å²) in [6.45, 7) is 5.33. The lowest BCUT2D eigenvalue weighted by Gasteiger charge is -2.05. The summed E-state index contributed by atoms with van der Waals surface area (Å²) in [7, 11) is 0. The molecule has 0 aliphatic heterocycles. The van der Waals surface area contributed by atoms with Crippen LogP contribution in [0.25, 0.3) is 0 Å². The summed E-state index contributed by atoms with van der Waals surface area (Å²) < 4.78 is 5.26. The predicted octanol–water partition coefficient (Wildman–Crippen LogP) is 1.51. The smallest absolute Gasteiger partial charge is 0.123 e. The summed E-state index contributed by atoms with van der Waals surface area (Å²) in [4.78, 5) is 3.99. The fraction of sp³-hybridized carbons (Fsp3) is 0.444. The van der Waals surface area contributed by atoms with Crippen LogP contribution in [0.3, 0.4) is 0 Å². The lowest BCUT2D eigenvalue weighted by molar-refractivity contribution is 0.133. The van der Waals surface area contributed by atoms with Gasteiger partial charge in [0.05, 0.1) is 6.61 Å². The van der Waals surface area contributed by atoms with Crippen LogP contribution in [0, 0.1) is 6.92 Å². The van der Waals surface area contributed by atoms with Crippen molar-refractivity contribution in [1.82, 2.24) is 4.98 Å². The van der Waals surface area contributed by atoms with Gasteiger partial charge in [-0.1, -0.05) is 0 Å². The molecule has 0 aliphatic rings. The first kappa shape index (κ1) is 9.00. The molecule has 1 aromatic heterocycles. The molecule has 0 unspecified atom stereocenters. The van der Waals surface area contributed by atoms with Gasteiger partial charge >= 0.3 is 0 Å². The molecule has 3 heteroatoms. The zero-order valence-electron chi connectivity index (χ0n) is 7.50. The third kappa shape index (κ3) is 2.20. The van der Waals surface area contributed by atoms with Crippen molar-refractivity contribution in [2.24, 2.45) is 0 Å². The van der Waals surface area contributed by atoms with Crippen molar-refractivity contribution in [3.05, 3.63) is 23.4 Å². The highest BCUT2D eigenvalue weighted by atomic mass is 16.5. The Bertz CT molecular complexity index is 261. The van der Waals surface area contributed by atoms with Gasteiger partial charge in [0.15, 0.2) is 0 Å². The number of nitrogen functional groups attached to an aromatic ring is 1. The Hall–Kier alpha value is -1.09. The minimum Gasteiger partial charge on any atom is -0.384 e. The second-order valence-corrected chi connectivity index (χ2v) is 2.67. The van der Waals surface area contributed by atoms with Crippen molar-refractivity contribution in [1.29, 1.82) is 0 Å². The second kappa shape index (κ2) is 4.07. The molecule has 0 bridgehead atoms. The van der Waals surface area contributed by atoms with E-state index in [-0.39, 0.29) is 0 Å². The largest absolute Gasteiger partial charge is 0.384 e. The van der Waals surface area contributed by atoms with Crippen LogP contribution in [0.2, 0.25) is 0 Å². The molecule has 2 N–H and O–H groups in total. The van der Waals surface area contributed by atoms with Crippen LogP contribution in [-0.4, -0.2) is 11.6 Å². The maximum atomic E-state index is 5.50. The SMILES string of the molecule is CCOCc1cnc(N)cc1C. The van der Waals surface area contributed by atoms with Gasteiger partial charge in [0.2, 0.25) is 0 Å². The molecule has 0 aromatic carbocycles. The highest BCUT2D eigenvalue weighted by Gasteiger charge is 1.98. The van der Waals surface area contributed by atoms with Crippen LogP contribution in [-0.2, 0) is 11.3 Å². The summed E-state index contributed by atoms with van der Waals surface area (Å²) in [5, 5.41) is 0. The second-order valence-electron chi connectivity index (χ2n) is 2.67. The first-order chi connectivity index (χ1) is 5.74. The van der Waals surface area contributed by atoms with Crippen molar-refractivity contribution < 1.29 is 4.74 Å². The fourth-order valence-electron chi connectivity index (χ4n) is 0.969. The van der Waals surface area contributed by atoms with E-state index in [1.54, 1.807) is 6.20 Å². The highest BCUT2D eigenvalue weighted by molar-refractivity contribution is 5.35. The third-order valence-corrected chi connectivity index (χ3v) is 1.70. The van der Waals surface area contributed by atoms with Crippen LogP contribution in [0.15, 0.2) is 12.3 Å². The first-order valence-electron chi connectivity index (χ1n) is 4.02. The van der Waals surface area contributed by atoms with Gasteiger partial charge in [0.1, 0.15) is 5.82 Å². The molecule has 1 aromatic rings. The van der Waals surface area contributed by atoms with Gasteiger partial charge in [-0.2, -0.15) is 0 Å². The zero-order chi connectivity index (χ0) is 8.97. The lowest BCUT2D eigenvalue weighted by atomic mass is 10.2.